The summed E-state index contributed by atoms with van der Waals surface area (Å²) in [7, 11) is 1.66. The number of rotatable bonds is 12. The Hall–Kier alpha value is -4.18. The van der Waals surface area contributed by atoms with Gasteiger partial charge in [-0.3, -0.25) is 14.8 Å². The molecule has 0 radical (unpaired) electrons. The molecule has 2 aliphatic rings. The summed E-state index contributed by atoms with van der Waals surface area (Å²) < 4.78 is 32.6. The fraction of sp³-hybridized carbons (Fsp3) is 0.412. The van der Waals surface area contributed by atoms with Crippen LogP contribution in [0, 0.1) is 17.6 Å². The van der Waals surface area contributed by atoms with Crippen LogP contribution in [0.4, 0.5) is 8.78 Å². The molecule has 1 atom stereocenters. The second-order valence-electron chi connectivity index (χ2n) is 10.7. The molecule has 0 spiro atoms. The lowest BCUT2D eigenvalue weighted by atomic mass is 9.91. The molecule has 0 N–H and O–H groups in total. The standard InChI is InChI=1S/C34H42F2N6O2/c1-5-25-22-31(26-8-12-28(35)13-9-26)42(39-34(25)27-10-14-29(36)15-11-27)24-33(43)41-19-17-40(18-20-41)32(37-7-3)23-30(6-2)38-16-21-44-4/h7-15,22,25H,3,5-6,16-21,23-24H2,1-2,4H3. The lowest BCUT2D eigenvalue weighted by molar-refractivity contribution is -0.133. The van der Waals surface area contributed by atoms with Crippen molar-refractivity contribution in [3.63, 3.8) is 0 Å². The number of aliphatic imine (C=N–C) groups is 2. The SMILES string of the molecule is C=CN=C(CC(CC)=NCCOC)N1CCN(C(=O)CN2N=C(c3ccc(F)cc3)C(CC)C=C2c2ccc(F)cc2)CC1. The minimum Gasteiger partial charge on any atom is -0.383 e. The molecule has 2 aliphatic heterocycles. The highest BCUT2D eigenvalue weighted by atomic mass is 19.1. The summed E-state index contributed by atoms with van der Waals surface area (Å²) in [4.78, 5) is 26.9. The van der Waals surface area contributed by atoms with Gasteiger partial charge >= 0.3 is 0 Å². The van der Waals surface area contributed by atoms with Crippen molar-refractivity contribution in [2.75, 3.05) is 53.0 Å². The van der Waals surface area contributed by atoms with Gasteiger partial charge in [0, 0.05) is 57.5 Å². The van der Waals surface area contributed by atoms with Crippen LogP contribution < -0.4 is 0 Å². The third kappa shape index (κ3) is 8.47. The van der Waals surface area contributed by atoms with Crippen LogP contribution in [0.5, 0.6) is 0 Å². The van der Waals surface area contributed by atoms with Crippen LogP contribution in [-0.4, -0.2) is 91.0 Å². The average Bonchev–Trinajstić information content (AvgIpc) is 3.04. The Morgan fingerprint density at radius 3 is 2.18 bits per heavy atom. The largest absolute Gasteiger partial charge is 0.383 e. The number of benzene rings is 2. The maximum absolute atomic E-state index is 13.8. The molecular weight excluding hydrogens is 562 g/mol. The van der Waals surface area contributed by atoms with Gasteiger partial charge in [-0.2, -0.15) is 5.10 Å². The fourth-order valence-electron chi connectivity index (χ4n) is 5.36. The summed E-state index contributed by atoms with van der Waals surface area (Å²) in [5, 5.41) is 6.64. The van der Waals surface area contributed by atoms with Gasteiger partial charge in [-0.15, -0.1) is 0 Å². The van der Waals surface area contributed by atoms with Gasteiger partial charge in [0.05, 0.1) is 24.6 Å². The van der Waals surface area contributed by atoms with E-state index in [-0.39, 0.29) is 30.0 Å². The first-order valence-corrected chi connectivity index (χ1v) is 15.2. The van der Waals surface area contributed by atoms with Crippen LogP contribution in [0.25, 0.3) is 5.70 Å². The highest BCUT2D eigenvalue weighted by Crippen LogP contribution is 2.31. The second kappa shape index (κ2) is 16.0. The maximum atomic E-state index is 13.8. The third-order valence-electron chi connectivity index (χ3n) is 7.86. The lowest BCUT2D eigenvalue weighted by Crippen LogP contribution is -2.52. The van der Waals surface area contributed by atoms with E-state index in [1.807, 2.05) is 4.90 Å². The molecule has 0 aliphatic carbocycles. The van der Waals surface area contributed by atoms with E-state index in [4.69, 9.17) is 9.84 Å². The first kappa shape index (κ1) is 32.7. The monoisotopic (exact) mass is 604 g/mol. The second-order valence-corrected chi connectivity index (χ2v) is 10.7. The molecule has 2 aromatic rings. The van der Waals surface area contributed by atoms with Crippen molar-refractivity contribution in [3.8, 4) is 0 Å². The van der Waals surface area contributed by atoms with Crippen molar-refractivity contribution in [1.29, 1.82) is 0 Å². The summed E-state index contributed by atoms with van der Waals surface area (Å²) >= 11 is 0. The zero-order chi connectivity index (χ0) is 31.5. The quantitative estimate of drug-likeness (QED) is 0.179. The normalized spacial score (nSPS) is 17.8. The Labute approximate surface area is 259 Å². The smallest absolute Gasteiger partial charge is 0.244 e. The van der Waals surface area contributed by atoms with E-state index in [9.17, 15) is 13.6 Å². The molecule has 2 heterocycles. The lowest BCUT2D eigenvalue weighted by Gasteiger charge is -2.38. The number of hydrazone groups is 1. The first-order valence-electron chi connectivity index (χ1n) is 15.2. The van der Waals surface area contributed by atoms with Crippen LogP contribution >= 0.6 is 0 Å². The van der Waals surface area contributed by atoms with Crippen molar-refractivity contribution in [2.24, 2.45) is 21.0 Å². The molecule has 0 aromatic heterocycles. The maximum Gasteiger partial charge on any atom is 0.244 e. The molecule has 1 unspecified atom stereocenters. The minimum absolute atomic E-state index is 0.0179. The van der Waals surface area contributed by atoms with Crippen LogP contribution in [0.15, 0.2) is 82.5 Å². The highest BCUT2D eigenvalue weighted by molar-refractivity contribution is 6.05. The molecular formula is C34H42F2N6O2. The Morgan fingerprint density at radius 2 is 1.61 bits per heavy atom. The summed E-state index contributed by atoms with van der Waals surface area (Å²) in [6, 6.07) is 12.5. The van der Waals surface area contributed by atoms with Crippen molar-refractivity contribution < 1.29 is 18.3 Å². The molecule has 44 heavy (non-hydrogen) atoms. The summed E-state index contributed by atoms with van der Waals surface area (Å²) in [5.74, 6) is 0.121. The molecule has 2 aromatic carbocycles. The van der Waals surface area contributed by atoms with Gasteiger partial charge in [0.15, 0.2) is 0 Å². The fourth-order valence-corrected chi connectivity index (χ4v) is 5.36. The van der Waals surface area contributed by atoms with Gasteiger partial charge in [-0.25, -0.2) is 13.8 Å². The number of amides is 1. The molecule has 8 nitrogen and oxygen atoms in total. The predicted octanol–water partition coefficient (Wildman–Crippen LogP) is 5.63. The number of methoxy groups -OCH3 is 1. The third-order valence-corrected chi connectivity index (χ3v) is 7.86. The van der Waals surface area contributed by atoms with Gasteiger partial charge in [0.1, 0.15) is 24.0 Å². The molecule has 0 saturated carbocycles. The Balaban J connectivity index is 1.50. The topological polar surface area (TPSA) is 73.1 Å². The van der Waals surface area contributed by atoms with E-state index >= 15 is 0 Å². The molecule has 1 amide bonds. The molecule has 4 rings (SSSR count). The molecule has 1 fully saturated rings. The number of hydrogen-bond donors (Lipinski definition) is 0. The van der Waals surface area contributed by atoms with Crippen LogP contribution in [0.1, 0.15) is 44.2 Å². The van der Waals surface area contributed by atoms with Crippen molar-refractivity contribution >= 4 is 28.9 Å². The van der Waals surface area contributed by atoms with E-state index in [1.54, 1.807) is 42.6 Å². The number of nitrogens with zero attached hydrogens (tertiary/aromatic N) is 6. The van der Waals surface area contributed by atoms with Crippen LogP contribution in [-0.2, 0) is 9.53 Å². The summed E-state index contributed by atoms with van der Waals surface area (Å²) in [6.07, 6.45) is 5.82. The van der Waals surface area contributed by atoms with E-state index in [2.05, 4.69) is 41.4 Å². The van der Waals surface area contributed by atoms with Crippen molar-refractivity contribution in [1.82, 2.24) is 14.8 Å². The van der Waals surface area contributed by atoms with E-state index < -0.39 is 0 Å². The van der Waals surface area contributed by atoms with Gasteiger partial charge in [0.2, 0.25) is 5.91 Å². The molecule has 234 valence electrons. The van der Waals surface area contributed by atoms with E-state index in [1.165, 1.54) is 24.3 Å². The number of ether oxygens (including phenoxy) is 1. The van der Waals surface area contributed by atoms with Gasteiger partial charge in [-0.05, 0) is 66.4 Å². The van der Waals surface area contributed by atoms with Gasteiger partial charge in [0.25, 0.3) is 0 Å². The number of carbonyl (C=O) groups excluding carboxylic acids is 1. The minimum atomic E-state index is -0.333. The molecule has 1 saturated heterocycles. The first-order chi connectivity index (χ1) is 21.4. The Bertz CT molecular complexity index is 1390. The zero-order valence-electron chi connectivity index (χ0n) is 25.9. The Kier molecular flexibility index (Phi) is 11.9. The summed E-state index contributed by atoms with van der Waals surface area (Å²) in [5.41, 5.74) is 4.13. The number of amidine groups is 1. The van der Waals surface area contributed by atoms with Crippen LogP contribution in [0.2, 0.25) is 0 Å². The van der Waals surface area contributed by atoms with Gasteiger partial charge in [-0.1, -0.05) is 32.6 Å². The number of hydrogen-bond acceptors (Lipinski definition) is 6. The predicted molar refractivity (Wildman–Crippen MR) is 173 cm³/mol. The zero-order valence-corrected chi connectivity index (χ0v) is 25.9. The molecule has 0 bridgehead atoms. The number of piperazine rings is 1. The number of carbonyl (C=O) groups is 1. The number of halogens is 2. The van der Waals surface area contributed by atoms with Crippen molar-refractivity contribution in [3.05, 3.63) is 90.1 Å². The van der Waals surface area contributed by atoms with Gasteiger partial charge < -0.3 is 14.5 Å². The number of allylic oxidation sites excluding steroid dienone is 1. The van der Waals surface area contributed by atoms with E-state index in [0.717, 1.165) is 46.9 Å². The van der Waals surface area contributed by atoms with E-state index in [0.29, 0.717) is 45.8 Å². The average molecular weight is 605 g/mol. The Morgan fingerprint density at radius 1 is 1.00 bits per heavy atom. The van der Waals surface area contributed by atoms with Crippen LogP contribution in [0.3, 0.4) is 0 Å². The highest BCUT2D eigenvalue weighted by Gasteiger charge is 2.29. The molecule has 10 heteroatoms. The summed E-state index contributed by atoms with van der Waals surface area (Å²) in [6.45, 7) is 11.5. The van der Waals surface area contributed by atoms with Crippen molar-refractivity contribution in [2.45, 2.75) is 33.1 Å².